The molecule has 1 unspecified atom stereocenters. The van der Waals surface area contributed by atoms with Crippen LogP contribution in [0.4, 0.5) is 4.79 Å². The molecule has 1 aliphatic heterocycles. The Balaban J connectivity index is 1.37. The molecule has 7 nitrogen and oxygen atoms in total. The van der Waals surface area contributed by atoms with Crippen molar-refractivity contribution in [3.05, 3.63) is 72.2 Å². The van der Waals surface area contributed by atoms with Crippen LogP contribution in [0.15, 0.2) is 75.1 Å². The molecule has 1 saturated heterocycles. The minimum Gasteiger partial charge on any atom is -0.491 e. The van der Waals surface area contributed by atoms with Gasteiger partial charge in [0.25, 0.3) is 5.91 Å². The molecule has 1 atom stereocenters. The van der Waals surface area contributed by atoms with E-state index in [0.29, 0.717) is 12.4 Å². The van der Waals surface area contributed by atoms with E-state index in [1.807, 2.05) is 62.4 Å². The number of hydrogen-bond acceptors (Lipinski definition) is 6. The lowest BCUT2D eigenvalue weighted by Gasteiger charge is -2.12. The summed E-state index contributed by atoms with van der Waals surface area (Å²) >= 11 is 1.44. The first-order valence-electron chi connectivity index (χ1n) is 9.83. The Labute approximate surface area is 184 Å². The molecule has 4 rings (SSSR count). The maximum Gasteiger partial charge on any atom is 0.322 e. The van der Waals surface area contributed by atoms with Gasteiger partial charge in [0.1, 0.15) is 23.9 Å². The Morgan fingerprint density at radius 1 is 1.06 bits per heavy atom. The second-order valence-corrected chi connectivity index (χ2v) is 8.34. The van der Waals surface area contributed by atoms with E-state index in [4.69, 9.17) is 13.9 Å². The van der Waals surface area contributed by atoms with Crippen molar-refractivity contribution >= 4 is 23.7 Å². The van der Waals surface area contributed by atoms with Gasteiger partial charge in [-0.3, -0.25) is 10.1 Å². The van der Waals surface area contributed by atoms with Crippen LogP contribution in [0.1, 0.15) is 31.2 Å². The Morgan fingerprint density at radius 2 is 1.87 bits per heavy atom. The zero-order chi connectivity index (χ0) is 21.8. The molecule has 0 spiro atoms. The number of furan rings is 1. The topological polar surface area (TPSA) is 89.8 Å². The molecule has 3 aromatic rings. The zero-order valence-corrected chi connectivity index (χ0v) is 17.9. The number of benzene rings is 2. The van der Waals surface area contributed by atoms with Crippen molar-refractivity contribution < 1.29 is 23.5 Å². The standard InChI is InChI=1S/C23H22N2O5S/c1-14(2)30-17-5-3-4-15(12-17)13-29-16-6-8-18(9-7-16)31-19-10-11-28-21(19)20-22(26)25-23(27)24-20/h3-12,14,20H,13H2,1-2H3,(H2,24,25,26,27). The molecule has 2 heterocycles. The van der Waals surface area contributed by atoms with Gasteiger partial charge in [0.15, 0.2) is 6.04 Å². The van der Waals surface area contributed by atoms with Crippen molar-refractivity contribution in [3.63, 3.8) is 0 Å². The normalized spacial score (nSPS) is 15.6. The van der Waals surface area contributed by atoms with Crippen LogP contribution in [0.25, 0.3) is 0 Å². The third kappa shape index (κ3) is 5.21. The molecule has 0 saturated carbocycles. The van der Waals surface area contributed by atoms with Crippen LogP contribution >= 0.6 is 11.8 Å². The molecule has 31 heavy (non-hydrogen) atoms. The predicted octanol–water partition coefficient (Wildman–Crippen LogP) is 4.68. The molecular weight excluding hydrogens is 416 g/mol. The average Bonchev–Trinajstić information content (AvgIpc) is 3.32. The summed E-state index contributed by atoms with van der Waals surface area (Å²) < 4.78 is 17.1. The third-order valence-electron chi connectivity index (χ3n) is 4.42. The summed E-state index contributed by atoms with van der Waals surface area (Å²) in [6.45, 7) is 4.42. The van der Waals surface area contributed by atoms with Crippen molar-refractivity contribution in [1.82, 2.24) is 10.6 Å². The number of carbonyl (C=O) groups is 2. The first kappa shape index (κ1) is 20.9. The average molecular weight is 439 g/mol. The number of nitrogens with one attached hydrogen (secondary N) is 2. The summed E-state index contributed by atoms with van der Waals surface area (Å²) in [5.74, 6) is 1.56. The number of amides is 3. The summed E-state index contributed by atoms with van der Waals surface area (Å²) in [6, 6.07) is 15.9. The summed E-state index contributed by atoms with van der Waals surface area (Å²) in [4.78, 5) is 25.0. The van der Waals surface area contributed by atoms with Crippen molar-refractivity contribution in [2.45, 2.75) is 42.4 Å². The molecule has 1 aromatic heterocycles. The van der Waals surface area contributed by atoms with E-state index in [1.54, 1.807) is 6.07 Å². The van der Waals surface area contributed by atoms with Crippen molar-refractivity contribution in [2.24, 2.45) is 0 Å². The van der Waals surface area contributed by atoms with E-state index in [-0.39, 0.29) is 6.10 Å². The van der Waals surface area contributed by atoms with Crippen LogP contribution in [0.5, 0.6) is 11.5 Å². The molecule has 3 amide bonds. The first-order valence-corrected chi connectivity index (χ1v) is 10.6. The van der Waals surface area contributed by atoms with Gasteiger partial charge in [-0.05, 0) is 61.9 Å². The van der Waals surface area contributed by atoms with Gasteiger partial charge in [-0.15, -0.1) is 0 Å². The number of ether oxygens (including phenoxy) is 2. The van der Waals surface area contributed by atoms with Gasteiger partial charge in [-0.2, -0.15) is 0 Å². The van der Waals surface area contributed by atoms with Crippen molar-refractivity contribution in [2.75, 3.05) is 0 Å². The number of rotatable bonds is 8. The quantitative estimate of drug-likeness (QED) is 0.497. The molecule has 0 aliphatic carbocycles. The molecule has 1 aliphatic rings. The highest BCUT2D eigenvalue weighted by molar-refractivity contribution is 7.99. The zero-order valence-electron chi connectivity index (χ0n) is 17.1. The molecule has 0 radical (unpaired) electrons. The molecule has 2 N–H and O–H groups in total. The van der Waals surface area contributed by atoms with Gasteiger partial charge in [0.05, 0.1) is 17.3 Å². The van der Waals surface area contributed by atoms with E-state index < -0.39 is 18.0 Å². The molecule has 1 fully saturated rings. The maximum absolute atomic E-state index is 11.9. The van der Waals surface area contributed by atoms with Crippen molar-refractivity contribution in [1.29, 1.82) is 0 Å². The fourth-order valence-electron chi connectivity index (χ4n) is 3.08. The number of imide groups is 1. The predicted molar refractivity (Wildman–Crippen MR) is 115 cm³/mol. The SMILES string of the molecule is CC(C)Oc1cccc(COc2ccc(Sc3ccoc3C3NC(=O)NC3=O)cc2)c1. The highest BCUT2D eigenvalue weighted by Crippen LogP contribution is 2.35. The second-order valence-electron chi connectivity index (χ2n) is 7.22. The molecule has 160 valence electrons. The summed E-state index contributed by atoms with van der Waals surface area (Å²) in [6.07, 6.45) is 1.63. The number of carbonyl (C=O) groups excluding carboxylic acids is 2. The second kappa shape index (κ2) is 9.18. The van der Waals surface area contributed by atoms with Gasteiger partial charge in [-0.1, -0.05) is 23.9 Å². The lowest BCUT2D eigenvalue weighted by atomic mass is 10.2. The monoisotopic (exact) mass is 438 g/mol. The minimum absolute atomic E-state index is 0.122. The lowest BCUT2D eigenvalue weighted by Crippen LogP contribution is -2.22. The molecule has 8 heteroatoms. The Bertz CT molecular complexity index is 1080. The van der Waals surface area contributed by atoms with Gasteiger partial charge >= 0.3 is 6.03 Å². The van der Waals surface area contributed by atoms with E-state index >= 15 is 0 Å². The van der Waals surface area contributed by atoms with Crippen LogP contribution in [0.3, 0.4) is 0 Å². The van der Waals surface area contributed by atoms with E-state index in [2.05, 4.69) is 10.6 Å². The summed E-state index contributed by atoms with van der Waals surface area (Å²) in [5, 5.41) is 4.76. The van der Waals surface area contributed by atoms with Crippen LogP contribution in [0, 0.1) is 0 Å². The van der Waals surface area contributed by atoms with Crippen LogP contribution in [0.2, 0.25) is 0 Å². The van der Waals surface area contributed by atoms with Crippen LogP contribution in [-0.2, 0) is 11.4 Å². The Morgan fingerprint density at radius 3 is 2.58 bits per heavy atom. The van der Waals surface area contributed by atoms with Crippen molar-refractivity contribution in [3.8, 4) is 11.5 Å². The first-order chi connectivity index (χ1) is 15.0. The van der Waals surface area contributed by atoms with E-state index in [1.165, 1.54) is 18.0 Å². The maximum atomic E-state index is 11.9. The third-order valence-corrected chi connectivity index (χ3v) is 5.49. The van der Waals surface area contributed by atoms with Crippen LogP contribution in [-0.4, -0.2) is 18.0 Å². The van der Waals surface area contributed by atoms with E-state index in [9.17, 15) is 9.59 Å². The fourth-order valence-corrected chi connectivity index (χ4v) is 4.00. The van der Waals surface area contributed by atoms with E-state index in [0.717, 1.165) is 26.9 Å². The van der Waals surface area contributed by atoms with Gasteiger partial charge < -0.3 is 19.2 Å². The van der Waals surface area contributed by atoms with Crippen LogP contribution < -0.4 is 20.1 Å². The van der Waals surface area contributed by atoms with Gasteiger partial charge in [0, 0.05) is 4.90 Å². The summed E-state index contributed by atoms with van der Waals surface area (Å²) in [7, 11) is 0. The fraction of sp³-hybridized carbons (Fsp3) is 0.217. The molecule has 2 aromatic carbocycles. The molecule has 0 bridgehead atoms. The minimum atomic E-state index is -0.817. The Hall–Kier alpha value is -3.39. The Kier molecular flexibility index (Phi) is 6.18. The highest BCUT2D eigenvalue weighted by Gasteiger charge is 2.35. The lowest BCUT2D eigenvalue weighted by molar-refractivity contribution is -0.120. The number of hydrogen-bond donors (Lipinski definition) is 2. The smallest absolute Gasteiger partial charge is 0.322 e. The van der Waals surface area contributed by atoms with Gasteiger partial charge in [0.2, 0.25) is 0 Å². The van der Waals surface area contributed by atoms with Gasteiger partial charge in [-0.25, -0.2) is 4.79 Å². The number of urea groups is 1. The molecular formula is C23H22N2O5S. The highest BCUT2D eigenvalue weighted by atomic mass is 32.2. The summed E-state index contributed by atoms with van der Waals surface area (Å²) in [5.41, 5.74) is 1.02. The largest absolute Gasteiger partial charge is 0.491 e.